The van der Waals surface area contributed by atoms with Gasteiger partial charge in [-0.25, -0.2) is 0 Å². The molecule has 0 spiro atoms. The number of aromatic nitrogens is 2. The van der Waals surface area contributed by atoms with Crippen molar-refractivity contribution in [2.24, 2.45) is 7.05 Å². The highest BCUT2D eigenvalue weighted by Crippen LogP contribution is 2.15. The summed E-state index contributed by atoms with van der Waals surface area (Å²) in [5.74, 6) is 0.200. The Balaban J connectivity index is 2.05. The molecule has 2 aromatic rings. The van der Waals surface area contributed by atoms with Crippen LogP contribution in [0.1, 0.15) is 36.0 Å². The molecular formula is C14H18N4O3. The van der Waals surface area contributed by atoms with E-state index in [1.165, 1.54) is 10.9 Å². The second-order valence-corrected chi connectivity index (χ2v) is 4.59. The van der Waals surface area contributed by atoms with Gasteiger partial charge in [0.25, 0.3) is 5.91 Å². The molecule has 0 aliphatic heterocycles. The Morgan fingerprint density at radius 2 is 2.24 bits per heavy atom. The Bertz CT molecular complexity index is 616. The largest absolute Gasteiger partial charge is 0.467 e. The van der Waals surface area contributed by atoms with E-state index in [2.05, 4.69) is 15.7 Å². The van der Waals surface area contributed by atoms with Gasteiger partial charge in [0, 0.05) is 13.5 Å². The number of nitrogens with zero attached hydrogens (tertiary/aromatic N) is 2. The standard InChI is InChI=1S/C14H18N4O3/c1-3-5-12(19)17-11-9-16-18(2)13(11)14(20)15-8-10-6-4-7-21-10/h4,6-7,9H,3,5,8H2,1-2H3,(H,15,20)(H,17,19). The van der Waals surface area contributed by atoms with Crippen molar-refractivity contribution in [1.29, 1.82) is 0 Å². The van der Waals surface area contributed by atoms with Gasteiger partial charge in [0.1, 0.15) is 11.5 Å². The minimum Gasteiger partial charge on any atom is -0.467 e. The highest BCUT2D eigenvalue weighted by Gasteiger charge is 2.18. The highest BCUT2D eigenvalue weighted by molar-refractivity contribution is 6.02. The van der Waals surface area contributed by atoms with Crippen molar-refractivity contribution < 1.29 is 14.0 Å². The number of nitrogens with one attached hydrogen (secondary N) is 2. The molecule has 0 aromatic carbocycles. The van der Waals surface area contributed by atoms with E-state index in [9.17, 15) is 9.59 Å². The first-order chi connectivity index (χ1) is 10.1. The molecule has 0 unspecified atom stereocenters. The van der Waals surface area contributed by atoms with E-state index < -0.39 is 0 Å². The summed E-state index contributed by atoms with van der Waals surface area (Å²) in [6, 6.07) is 3.52. The van der Waals surface area contributed by atoms with Crippen LogP contribution in [0.2, 0.25) is 0 Å². The zero-order valence-corrected chi connectivity index (χ0v) is 12.0. The highest BCUT2D eigenvalue weighted by atomic mass is 16.3. The van der Waals surface area contributed by atoms with E-state index >= 15 is 0 Å². The minimum absolute atomic E-state index is 0.134. The number of amides is 2. The number of hydrogen-bond acceptors (Lipinski definition) is 4. The average molecular weight is 290 g/mol. The number of furan rings is 1. The van der Waals surface area contributed by atoms with Gasteiger partial charge < -0.3 is 15.1 Å². The van der Waals surface area contributed by atoms with Crippen molar-refractivity contribution in [3.05, 3.63) is 36.0 Å². The lowest BCUT2D eigenvalue weighted by Crippen LogP contribution is -2.26. The van der Waals surface area contributed by atoms with Crippen molar-refractivity contribution in [3.8, 4) is 0 Å². The van der Waals surface area contributed by atoms with E-state index in [-0.39, 0.29) is 18.4 Å². The first-order valence-corrected chi connectivity index (χ1v) is 6.74. The molecule has 0 bridgehead atoms. The monoisotopic (exact) mass is 290 g/mol. The van der Waals surface area contributed by atoms with Gasteiger partial charge in [0.2, 0.25) is 5.91 Å². The van der Waals surface area contributed by atoms with Crippen molar-refractivity contribution in [2.45, 2.75) is 26.3 Å². The predicted molar refractivity (Wildman–Crippen MR) is 76.6 cm³/mol. The summed E-state index contributed by atoms with van der Waals surface area (Å²) < 4.78 is 6.58. The lowest BCUT2D eigenvalue weighted by Gasteiger charge is -2.08. The van der Waals surface area contributed by atoms with Crippen LogP contribution in [0.4, 0.5) is 5.69 Å². The van der Waals surface area contributed by atoms with Gasteiger partial charge >= 0.3 is 0 Å². The Morgan fingerprint density at radius 3 is 2.90 bits per heavy atom. The summed E-state index contributed by atoms with van der Waals surface area (Å²) >= 11 is 0. The maximum absolute atomic E-state index is 12.2. The van der Waals surface area contributed by atoms with Crippen LogP contribution in [0.25, 0.3) is 0 Å². The van der Waals surface area contributed by atoms with Crippen LogP contribution >= 0.6 is 0 Å². The number of rotatable bonds is 6. The van der Waals surface area contributed by atoms with E-state index in [1.54, 1.807) is 25.4 Å². The molecule has 112 valence electrons. The Kier molecular flexibility index (Phi) is 4.76. The lowest BCUT2D eigenvalue weighted by atomic mass is 10.3. The molecule has 0 saturated heterocycles. The molecular weight excluding hydrogens is 272 g/mol. The van der Waals surface area contributed by atoms with E-state index in [0.29, 0.717) is 23.6 Å². The molecule has 2 rings (SSSR count). The second-order valence-electron chi connectivity index (χ2n) is 4.59. The lowest BCUT2D eigenvalue weighted by molar-refractivity contribution is -0.116. The average Bonchev–Trinajstić information content (AvgIpc) is 3.07. The van der Waals surface area contributed by atoms with E-state index in [0.717, 1.165) is 6.42 Å². The molecule has 0 fully saturated rings. The molecule has 21 heavy (non-hydrogen) atoms. The van der Waals surface area contributed by atoms with Crippen LogP contribution < -0.4 is 10.6 Å². The maximum Gasteiger partial charge on any atom is 0.272 e. The van der Waals surface area contributed by atoms with Gasteiger partial charge in [0.15, 0.2) is 0 Å². The fourth-order valence-electron chi connectivity index (χ4n) is 1.90. The smallest absolute Gasteiger partial charge is 0.272 e. The summed E-state index contributed by atoms with van der Waals surface area (Å²) in [7, 11) is 1.65. The van der Waals surface area contributed by atoms with Gasteiger partial charge in [-0.15, -0.1) is 0 Å². The number of carbonyl (C=O) groups is 2. The first-order valence-electron chi connectivity index (χ1n) is 6.74. The van der Waals surface area contributed by atoms with Crippen LogP contribution in [0, 0.1) is 0 Å². The first kappa shape index (κ1) is 14.8. The fraction of sp³-hybridized carbons (Fsp3) is 0.357. The molecule has 0 saturated carbocycles. The third-order valence-corrected chi connectivity index (χ3v) is 2.91. The van der Waals surface area contributed by atoms with Gasteiger partial charge in [-0.1, -0.05) is 6.92 Å². The molecule has 2 heterocycles. The number of carbonyl (C=O) groups excluding carboxylic acids is 2. The van der Waals surface area contributed by atoms with E-state index in [1.807, 2.05) is 6.92 Å². The topological polar surface area (TPSA) is 89.2 Å². The SMILES string of the molecule is CCCC(=O)Nc1cnn(C)c1C(=O)NCc1ccco1. The van der Waals surface area contributed by atoms with Crippen molar-refractivity contribution >= 4 is 17.5 Å². The number of anilines is 1. The molecule has 0 aliphatic carbocycles. The normalized spacial score (nSPS) is 10.4. The van der Waals surface area contributed by atoms with Gasteiger partial charge in [-0.2, -0.15) is 5.10 Å². The van der Waals surface area contributed by atoms with E-state index in [4.69, 9.17) is 4.42 Å². The molecule has 2 amide bonds. The quantitative estimate of drug-likeness (QED) is 0.847. The van der Waals surface area contributed by atoms with Crippen LogP contribution in [0.3, 0.4) is 0 Å². The maximum atomic E-state index is 12.2. The molecule has 7 heteroatoms. The molecule has 2 N–H and O–H groups in total. The third-order valence-electron chi connectivity index (χ3n) is 2.91. The van der Waals surface area contributed by atoms with Crippen LogP contribution in [0.5, 0.6) is 0 Å². The minimum atomic E-state index is -0.321. The molecule has 0 radical (unpaired) electrons. The number of aryl methyl sites for hydroxylation is 1. The Morgan fingerprint density at radius 1 is 1.43 bits per heavy atom. The van der Waals surface area contributed by atoms with Crippen LogP contribution in [-0.2, 0) is 18.4 Å². The third kappa shape index (κ3) is 3.71. The zero-order valence-electron chi connectivity index (χ0n) is 12.0. The summed E-state index contributed by atoms with van der Waals surface area (Å²) in [6.45, 7) is 2.19. The van der Waals surface area contributed by atoms with Crippen molar-refractivity contribution in [2.75, 3.05) is 5.32 Å². The van der Waals surface area contributed by atoms with Gasteiger partial charge in [-0.3, -0.25) is 14.3 Å². The summed E-state index contributed by atoms with van der Waals surface area (Å²) in [4.78, 5) is 23.9. The van der Waals surface area contributed by atoms with Crippen molar-refractivity contribution in [1.82, 2.24) is 15.1 Å². The van der Waals surface area contributed by atoms with Gasteiger partial charge in [-0.05, 0) is 18.6 Å². The summed E-state index contributed by atoms with van der Waals surface area (Å²) in [5, 5.41) is 9.44. The Labute approximate surface area is 122 Å². The molecule has 0 atom stereocenters. The Hall–Kier alpha value is -2.57. The molecule has 7 nitrogen and oxygen atoms in total. The second kappa shape index (κ2) is 6.74. The predicted octanol–water partition coefficient (Wildman–Crippen LogP) is 1.68. The summed E-state index contributed by atoms with van der Waals surface area (Å²) in [5.41, 5.74) is 0.721. The summed E-state index contributed by atoms with van der Waals surface area (Å²) in [6.07, 6.45) is 4.16. The molecule has 0 aliphatic rings. The van der Waals surface area contributed by atoms with Crippen LogP contribution in [0.15, 0.2) is 29.0 Å². The number of hydrogen-bond donors (Lipinski definition) is 2. The fourth-order valence-corrected chi connectivity index (χ4v) is 1.90. The van der Waals surface area contributed by atoms with Crippen molar-refractivity contribution in [3.63, 3.8) is 0 Å². The van der Waals surface area contributed by atoms with Gasteiger partial charge in [0.05, 0.1) is 24.7 Å². The van der Waals surface area contributed by atoms with Crippen LogP contribution in [-0.4, -0.2) is 21.6 Å². The molecule has 2 aromatic heterocycles. The zero-order chi connectivity index (χ0) is 15.2.